The predicted molar refractivity (Wildman–Crippen MR) is 122 cm³/mol. The zero-order chi connectivity index (χ0) is 22.0. The SMILES string of the molecule is Cc1ccc(-c2ncn(C(C)(C)F)c2-c2ccnc(NC(C)c3ccccc3)n2)cc1. The van der Waals surface area contributed by atoms with Gasteiger partial charge in [0.15, 0.2) is 5.79 Å². The quantitative estimate of drug-likeness (QED) is 0.410. The highest BCUT2D eigenvalue weighted by molar-refractivity contribution is 5.77. The number of hydrogen-bond donors (Lipinski definition) is 1. The summed E-state index contributed by atoms with van der Waals surface area (Å²) in [6, 6.07) is 19.9. The number of nitrogens with one attached hydrogen (secondary N) is 1. The Balaban J connectivity index is 1.76. The molecule has 2 heterocycles. The zero-order valence-electron chi connectivity index (χ0n) is 18.2. The second-order valence-corrected chi connectivity index (χ2v) is 8.13. The molecular formula is C25H26FN5. The van der Waals surface area contributed by atoms with Crippen LogP contribution in [0.4, 0.5) is 10.3 Å². The maximum absolute atomic E-state index is 15.1. The van der Waals surface area contributed by atoms with Gasteiger partial charge in [-0.15, -0.1) is 0 Å². The minimum atomic E-state index is -1.64. The van der Waals surface area contributed by atoms with E-state index < -0.39 is 5.79 Å². The molecule has 0 aliphatic rings. The Kier molecular flexibility index (Phi) is 5.55. The summed E-state index contributed by atoms with van der Waals surface area (Å²) in [6.45, 7) is 7.10. The van der Waals surface area contributed by atoms with Crippen LogP contribution in [0.25, 0.3) is 22.6 Å². The Labute approximate surface area is 182 Å². The lowest BCUT2D eigenvalue weighted by atomic mass is 10.1. The van der Waals surface area contributed by atoms with Crippen molar-refractivity contribution < 1.29 is 4.39 Å². The van der Waals surface area contributed by atoms with Crippen LogP contribution >= 0.6 is 0 Å². The molecule has 4 rings (SSSR count). The van der Waals surface area contributed by atoms with E-state index >= 15 is 4.39 Å². The van der Waals surface area contributed by atoms with Crippen LogP contribution in [0, 0.1) is 6.92 Å². The number of nitrogens with zero attached hydrogens (tertiary/aromatic N) is 4. The largest absolute Gasteiger partial charge is 0.348 e. The molecule has 2 aromatic carbocycles. The lowest BCUT2D eigenvalue weighted by Gasteiger charge is -2.20. The van der Waals surface area contributed by atoms with Crippen molar-refractivity contribution in [1.29, 1.82) is 0 Å². The molecular weight excluding hydrogens is 389 g/mol. The van der Waals surface area contributed by atoms with Gasteiger partial charge in [-0.3, -0.25) is 4.57 Å². The normalized spacial score (nSPS) is 12.5. The third-order valence-electron chi connectivity index (χ3n) is 5.21. The van der Waals surface area contributed by atoms with Crippen LogP contribution < -0.4 is 5.32 Å². The van der Waals surface area contributed by atoms with Gasteiger partial charge < -0.3 is 5.32 Å². The van der Waals surface area contributed by atoms with E-state index in [9.17, 15) is 0 Å². The molecule has 31 heavy (non-hydrogen) atoms. The van der Waals surface area contributed by atoms with Crippen molar-refractivity contribution in [3.8, 4) is 22.6 Å². The van der Waals surface area contributed by atoms with Crippen LogP contribution in [0.1, 0.15) is 37.9 Å². The van der Waals surface area contributed by atoms with E-state index in [1.807, 2.05) is 49.4 Å². The van der Waals surface area contributed by atoms with Gasteiger partial charge in [-0.05, 0) is 39.3 Å². The molecule has 2 aromatic heterocycles. The third-order valence-corrected chi connectivity index (χ3v) is 5.21. The lowest BCUT2D eigenvalue weighted by Crippen LogP contribution is -2.20. The van der Waals surface area contributed by atoms with E-state index in [4.69, 9.17) is 4.98 Å². The smallest absolute Gasteiger partial charge is 0.223 e. The van der Waals surface area contributed by atoms with E-state index in [1.165, 1.54) is 24.7 Å². The summed E-state index contributed by atoms with van der Waals surface area (Å²) in [6.07, 6.45) is 3.22. The van der Waals surface area contributed by atoms with Crippen LogP contribution in [0.5, 0.6) is 0 Å². The molecule has 0 bridgehead atoms. The molecule has 158 valence electrons. The second kappa shape index (κ2) is 8.30. The minimum absolute atomic E-state index is 0.0237. The van der Waals surface area contributed by atoms with Crippen molar-refractivity contribution in [2.45, 2.75) is 39.5 Å². The molecule has 0 aliphatic heterocycles. The average Bonchev–Trinajstić information content (AvgIpc) is 3.21. The number of hydrogen-bond acceptors (Lipinski definition) is 4. The Morgan fingerprint density at radius 1 is 0.968 bits per heavy atom. The maximum Gasteiger partial charge on any atom is 0.223 e. The summed E-state index contributed by atoms with van der Waals surface area (Å²) in [5.41, 5.74) is 5.11. The van der Waals surface area contributed by atoms with Gasteiger partial charge in [-0.2, -0.15) is 0 Å². The highest BCUT2D eigenvalue weighted by Gasteiger charge is 2.26. The van der Waals surface area contributed by atoms with E-state index in [0.717, 1.165) is 16.7 Å². The van der Waals surface area contributed by atoms with Crippen molar-refractivity contribution >= 4 is 5.95 Å². The van der Waals surface area contributed by atoms with Crippen LogP contribution in [0.2, 0.25) is 0 Å². The first-order valence-corrected chi connectivity index (χ1v) is 10.3. The fourth-order valence-corrected chi connectivity index (χ4v) is 3.50. The van der Waals surface area contributed by atoms with Crippen molar-refractivity contribution in [2.75, 3.05) is 5.32 Å². The average molecular weight is 416 g/mol. The topological polar surface area (TPSA) is 55.6 Å². The fraction of sp³-hybridized carbons (Fsp3) is 0.240. The summed E-state index contributed by atoms with van der Waals surface area (Å²) in [5, 5.41) is 3.34. The molecule has 0 radical (unpaired) electrons. The summed E-state index contributed by atoms with van der Waals surface area (Å²) in [7, 11) is 0. The molecule has 0 aliphatic carbocycles. The summed E-state index contributed by atoms with van der Waals surface area (Å²) >= 11 is 0. The van der Waals surface area contributed by atoms with E-state index in [0.29, 0.717) is 23.0 Å². The van der Waals surface area contributed by atoms with Gasteiger partial charge in [0.25, 0.3) is 0 Å². The minimum Gasteiger partial charge on any atom is -0.348 e. The molecule has 0 spiro atoms. The summed E-state index contributed by atoms with van der Waals surface area (Å²) in [4.78, 5) is 13.6. The zero-order valence-corrected chi connectivity index (χ0v) is 18.2. The molecule has 6 heteroatoms. The van der Waals surface area contributed by atoms with Crippen molar-refractivity contribution in [3.63, 3.8) is 0 Å². The van der Waals surface area contributed by atoms with Gasteiger partial charge in [-0.1, -0.05) is 60.2 Å². The molecule has 1 N–H and O–H groups in total. The number of halogens is 1. The van der Waals surface area contributed by atoms with E-state index in [-0.39, 0.29) is 6.04 Å². The Morgan fingerprint density at radius 2 is 1.68 bits per heavy atom. The third kappa shape index (κ3) is 4.48. The van der Waals surface area contributed by atoms with Crippen molar-refractivity contribution in [3.05, 3.63) is 84.3 Å². The van der Waals surface area contributed by atoms with Gasteiger partial charge in [0, 0.05) is 11.8 Å². The van der Waals surface area contributed by atoms with Crippen LogP contribution in [0.15, 0.2) is 73.2 Å². The summed E-state index contributed by atoms with van der Waals surface area (Å²) in [5.74, 6) is -1.16. The fourth-order valence-electron chi connectivity index (χ4n) is 3.50. The Bertz CT molecular complexity index is 1160. The number of anilines is 1. The van der Waals surface area contributed by atoms with Crippen molar-refractivity contribution in [1.82, 2.24) is 19.5 Å². The van der Waals surface area contributed by atoms with Gasteiger partial charge in [0.1, 0.15) is 0 Å². The maximum atomic E-state index is 15.1. The Morgan fingerprint density at radius 3 is 2.35 bits per heavy atom. The lowest BCUT2D eigenvalue weighted by molar-refractivity contribution is 0.122. The first-order valence-electron chi connectivity index (χ1n) is 10.3. The molecule has 0 fully saturated rings. The van der Waals surface area contributed by atoms with Crippen LogP contribution in [-0.2, 0) is 5.79 Å². The molecule has 1 atom stereocenters. The number of rotatable bonds is 6. The van der Waals surface area contributed by atoms with Gasteiger partial charge in [-0.25, -0.2) is 19.3 Å². The van der Waals surface area contributed by atoms with Crippen LogP contribution in [0.3, 0.4) is 0 Å². The Hall–Kier alpha value is -3.54. The van der Waals surface area contributed by atoms with E-state index in [2.05, 4.69) is 34.3 Å². The first-order chi connectivity index (χ1) is 14.8. The highest BCUT2D eigenvalue weighted by atomic mass is 19.1. The number of benzene rings is 2. The second-order valence-electron chi connectivity index (χ2n) is 8.13. The summed E-state index contributed by atoms with van der Waals surface area (Å²) < 4.78 is 16.6. The predicted octanol–water partition coefficient (Wildman–Crippen LogP) is 6.15. The number of imidazole rings is 1. The van der Waals surface area contributed by atoms with Gasteiger partial charge in [0.05, 0.1) is 29.5 Å². The number of alkyl halides is 1. The first kappa shape index (κ1) is 20.7. The molecule has 1 unspecified atom stereocenters. The molecule has 0 saturated carbocycles. The highest BCUT2D eigenvalue weighted by Crippen LogP contribution is 2.35. The van der Waals surface area contributed by atoms with E-state index in [1.54, 1.807) is 12.3 Å². The monoisotopic (exact) mass is 415 g/mol. The van der Waals surface area contributed by atoms with Gasteiger partial charge in [0.2, 0.25) is 5.95 Å². The molecule has 4 aromatic rings. The van der Waals surface area contributed by atoms with Gasteiger partial charge >= 0.3 is 0 Å². The standard InChI is InChI=1S/C25H26FN5/c1-17-10-12-20(13-11-17)22-23(31(16-28-22)25(3,4)26)21-14-15-27-24(30-21)29-18(2)19-8-6-5-7-9-19/h5-16,18H,1-4H3,(H,27,29,30). The molecule has 0 saturated heterocycles. The molecule has 0 amide bonds. The number of aryl methyl sites for hydroxylation is 1. The molecule has 5 nitrogen and oxygen atoms in total. The number of aromatic nitrogens is 4. The van der Waals surface area contributed by atoms with Crippen molar-refractivity contribution in [2.24, 2.45) is 0 Å². The van der Waals surface area contributed by atoms with Crippen LogP contribution in [-0.4, -0.2) is 19.5 Å².